The van der Waals surface area contributed by atoms with Gasteiger partial charge in [-0.3, -0.25) is 0 Å². The van der Waals surface area contributed by atoms with Gasteiger partial charge in [0.1, 0.15) is 0 Å². The molecule has 0 aromatic heterocycles. The maximum Gasteiger partial charge on any atom is 0.0340 e. The molecule has 1 atom stereocenters. The van der Waals surface area contributed by atoms with Crippen molar-refractivity contribution in [3.8, 4) is 0 Å². The molecule has 0 amide bonds. The van der Waals surface area contributed by atoms with Crippen molar-refractivity contribution < 1.29 is 0 Å². The van der Waals surface area contributed by atoms with E-state index in [1.807, 2.05) is 6.07 Å². The molecule has 1 aromatic carbocycles. The van der Waals surface area contributed by atoms with E-state index in [0.29, 0.717) is 6.04 Å². The van der Waals surface area contributed by atoms with Crippen molar-refractivity contribution in [2.45, 2.75) is 18.9 Å². The van der Waals surface area contributed by atoms with E-state index in [0.717, 1.165) is 6.54 Å². The van der Waals surface area contributed by atoms with Crippen molar-refractivity contribution in [1.82, 2.24) is 5.32 Å². The zero-order chi connectivity index (χ0) is 8.93. The summed E-state index contributed by atoms with van der Waals surface area (Å²) in [6.07, 6.45) is 2.63. The Kier molecular flexibility index (Phi) is 4.77. The predicted molar refractivity (Wildman–Crippen MR) is 63.2 cm³/mol. The van der Waals surface area contributed by atoms with Crippen molar-refractivity contribution in [1.29, 1.82) is 0 Å². The second-order valence-corrected chi connectivity index (χ2v) is 3.54. The molecule has 0 radical (unpaired) electrons. The van der Waals surface area contributed by atoms with E-state index >= 15 is 0 Å². The van der Waals surface area contributed by atoms with Crippen molar-refractivity contribution in [3.05, 3.63) is 30.3 Å². The average Bonchev–Trinajstić information content (AvgIpc) is 2.69. The van der Waals surface area contributed by atoms with Crippen LogP contribution in [0.3, 0.4) is 0 Å². The van der Waals surface area contributed by atoms with Gasteiger partial charge in [-0.1, -0.05) is 18.2 Å². The van der Waals surface area contributed by atoms with E-state index < -0.39 is 0 Å². The number of para-hydroxylation sites is 1. The quantitative estimate of drug-likeness (QED) is 0.804. The first-order valence-corrected chi connectivity index (χ1v) is 4.97. The van der Waals surface area contributed by atoms with Crippen LogP contribution in [-0.2, 0) is 0 Å². The third-order valence-corrected chi connectivity index (χ3v) is 2.49. The molecule has 78 valence electrons. The SMILES string of the molecule is Cl.c1ccc(NCC2CCCN2)cc1. The molecule has 1 unspecified atom stereocenters. The maximum atomic E-state index is 3.46. The molecule has 2 rings (SSSR count). The van der Waals surface area contributed by atoms with E-state index in [-0.39, 0.29) is 12.4 Å². The summed E-state index contributed by atoms with van der Waals surface area (Å²) in [7, 11) is 0. The third-order valence-electron chi connectivity index (χ3n) is 2.49. The minimum absolute atomic E-state index is 0. The fourth-order valence-corrected chi connectivity index (χ4v) is 1.73. The number of anilines is 1. The molecule has 0 aliphatic carbocycles. The molecule has 0 spiro atoms. The van der Waals surface area contributed by atoms with Crippen molar-refractivity contribution in [3.63, 3.8) is 0 Å². The summed E-state index contributed by atoms with van der Waals surface area (Å²) >= 11 is 0. The van der Waals surface area contributed by atoms with Crippen LogP contribution in [-0.4, -0.2) is 19.1 Å². The highest BCUT2D eigenvalue weighted by Crippen LogP contribution is 2.08. The van der Waals surface area contributed by atoms with Crippen LogP contribution < -0.4 is 10.6 Å². The van der Waals surface area contributed by atoms with E-state index in [9.17, 15) is 0 Å². The number of hydrogen-bond acceptors (Lipinski definition) is 2. The highest BCUT2D eigenvalue weighted by atomic mass is 35.5. The molecular weight excluding hydrogens is 196 g/mol. The molecule has 0 saturated carbocycles. The molecule has 2 N–H and O–H groups in total. The van der Waals surface area contributed by atoms with Crippen molar-refractivity contribution in [2.75, 3.05) is 18.4 Å². The first-order chi connectivity index (χ1) is 6.45. The summed E-state index contributed by atoms with van der Waals surface area (Å²) in [5.74, 6) is 0. The first kappa shape index (κ1) is 11.3. The van der Waals surface area contributed by atoms with Gasteiger partial charge in [0, 0.05) is 18.3 Å². The summed E-state index contributed by atoms with van der Waals surface area (Å²) in [5, 5.41) is 6.89. The molecule has 1 aromatic rings. The van der Waals surface area contributed by atoms with Crippen LogP contribution in [0.25, 0.3) is 0 Å². The molecule has 1 saturated heterocycles. The Labute approximate surface area is 91.5 Å². The number of benzene rings is 1. The summed E-state index contributed by atoms with van der Waals surface area (Å²) in [6, 6.07) is 11.0. The fourth-order valence-electron chi connectivity index (χ4n) is 1.73. The zero-order valence-corrected chi connectivity index (χ0v) is 9.02. The molecule has 0 bridgehead atoms. The van der Waals surface area contributed by atoms with Gasteiger partial charge in [0.25, 0.3) is 0 Å². The third kappa shape index (κ3) is 3.20. The smallest absolute Gasteiger partial charge is 0.0340 e. The normalized spacial score (nSPS) is 20.1. The molecule has 14 heavy (non-hydrogen) atoms. The van der Waals surface area contributed by atoms with Crippen LogP contribution in [0.5, 0.6) is 0 Å². The minimum Gasteiger partial charge on any atom is -0.383 e. The Balaban J connectivity index is 0.000000980. The van der Waals surface area contributed by atoms with Crippen LogP contribution in [0, 0.1) is 0 Å². The van der Waals surface area contributed by atoms with Crippen LogP contribution >= 0.6 is 12.4 Å². The van der Waals surface area contributed by atoms with Gasteiger partial charge in [-0.05, 0) is 31.5 Å². The number of halogens is 1. The highest BCUT2D eigenvalue weighted by molar-refractivity contribution is 5.85. The van der Waals surface area contributed by atoms with Gasteiger partial charge in [-0.2, -0.15) is 0 Å². The van der Waals surface area contributed by atoms with Gasteiger partial charge in [0.15, 0.2) is 0 Å². The number of nitrogens with one attached hydrogen (secondary N) is 2. The molecule has 3 heteroatoms. The van der Waals surface area contributed by atoms with Gasteiger partial charge < -0.3 is 10.6 Å². The standard InChI is InChI=1S/C11H16N2.ClH/c1-2-5-10(6-3-1)13-9-11-7-4-8-12-11;/h1-3,5-6,11-13H,4,7-9H2;1H. The van der Waals surface area contributed by atoms with E-state index in [1.54, 1.807) is 0 Å². The molecule has 1 aliphatic heterocycles. The Bertz CT molecular complexity index is 245. The topological polar surface area (TPSA) is 24.1 Å². The highest BCUT2D eigenvalue weighted by Gasteiger charge is 2.12. The zero-order valence-electron chi connectivity index (χ0n) is 8.20. The lowest BCUT2D eigenvalue weighted by molar-refractivity contribution is 0.633. The Hall–Kier alpha value is -0.730. The Morgan fingerprint density at radius 3 is 2.71 bits per heavy atom. The van der Waals surface area contributed by atoms with Crippen LogP contribution in [0.1, 0.15) is 12.8 Å². The van der Waals surface area contributed by atoms with Gasteiger partial charge in [0.05, 0.1) is 0 Å². The van der Waals surface area contributed by atoms with Crippen LogP contribution in [0.15, 0.2) is 30.3 Å². The van der Waals surface area contributed by atoms with E-state index in [4.69, 9.17) is 0 Å². The van der Waals surface area contributed by atoms with E-state index in [2.05, 4.69) is 34.9 Å². The molecule has 2 nitrogen and oxygen atoms in total. The minimum atomic E-state index is 0. The molecular formula is C11H17ClN2. The van der Waals surface area contributed by atoms with E-state index in [1.165, 1.54) is 25.1 Å². The summed E-state index contributed by atoms with van der Waals surface area (Å²) in [5.41, 5.74) is 1.22. The van der Waals surface area contributed by atoms with Crippen molar-refractivity contribution in [2.24, 2.45) is 0 Å². The fraction of sp³-hybridized carbons (Fsp3) is 0.455. The predicted octanol–water partition coefficient (Wildman–Crippen LogP) is 2.27. The van der Waals surface area contributed by atoms with Gasteiger partial charge >= 0.3 is 0 Å². The number of rotatable bonds is 3. The van der Waals surface area contributed by atoms with Gasteiger partial charge in [-0.25, -0.2) is 0 Å². The van der Waals surface area contributed by atoms with Gasteiger partial charge in [-0.15, -0.1) is 12.4 Å². The summed E-state index contributed by atoms with van der Waals surface area (Å²) < 4.78 is 0. The largest absolute Gasteiger partial charge is 0.383 e. The van der Waals surface area contributed by atoms with Crippen molar-refractivity contribution >= 4 is 18.1 Å². The monoisotopic (exact) mass is 212 g/mol. The lowest BCUT2D eigenvalue weighted by Crippen LogP contribution is -2.29. The second-order valence-electron chi connectivity index (χ2n) is 3.54. The average molecular weight is 213 g/mol. The maximum absolute atomic E-state index is 3.46. The summed E-state index contributed by atoms with van der Waals surface area (Å²) in [6.45, 7) is 2.23. The number of hydrogen-bond donors (Lipinski definition) is 2. The Morgan fingerprint density at radius 2 is 2.07 bits per heavy atom. The Morgan fingerprint density at radius 1 is 1.29 bits per heavy atom. The van der Waals surface area contributed by atoms with Crippen LogP contribution in [0.2, 0.25) is 0 Å². The lowest BCUT2D eigenvalue weighted by Gasteiger charge is -2.12. The van der Waals surface area contributed by atoms with Crippen LogP contribution in [0.4, 0.5) is 5.69 Å². The molecule has 1 heterocycles. The van der Waals surface area contributed by atoms with Gasteiger partial charge in [0.2, 0.25) is 0 Å². The molecule has 1 fully saturated rings. The molecule has 1 aliphatic rings. The first-order valence-electron chi connectivity index (χ1n) is 4.97. The second kappa shape index (κ2) is 5.89. The lowest BCUT2D eigenvalue weighted by atomic mass is 10.2. The summed E-state index contributed by atoms with van der Waals surface area (Å²) in [4.78, 5) is 0.